The number of carbonyl (C=O) groups excluding carboxylic acids is 2. The highest BCUT2D eigenvalue weighted by Gasteiger charge is 2.49. The zero-order chi connectivity index (χ0) is 23.2. The Morgan fingerprint density at radius 2 is 1.78 bits per heavy atom. The number of aryl methyl sites for hydroxylation is 2. The van der Waals surface area contributed by atoms with Gasteiger partial charge in [0, 0.05) is 11.5 Å². The molecule has 1 unspecified atom stereocenters. The van der Waals surface area contributed by atoms with E-state index in [-0.39, 0.29) is 12.3 Å². The van der Waals surface area contributed by atoms with Crippen molar-refractivity contribution in [2.45, 2.75) is 39.5 Å². The van der Waals surface area contributed by atoms with Crippen LogP contribution in [-0.2, 0) is 16.9 Å². The highest BCUT2D eigenvalue weighted by Crippen LogP contribution is 2.32. The van der Waals surface area contributed by atoms with Crippen LogP contribution < -0.4 is 15.7 Å². The monoisotopic (exact) mass is 442 g/mol. The van der Waals surface area contributed by atoms with Crippen LogP contribution in [0.15, 0.2) is 51.7 Å². The Labute approximate surface area is 181 Å². The molecular formula is C23H20F2N2O5. The number of benzene rings is 2. The van der Waals surface area contributed by atoms with Gasteiger partial charge in [-0.15, -0.1) is 0 Å². The van der Waals surface area contributed by atoms with Crippen molar-refractivity contribution in [1.29, 1.82) is 0 Å². The van der Waals surface area contributed by atoms with Gasteiger partial charge in [0.15, 0.2) is 0 Å². The van der Waals surface area contributed by atoms with Gasteiger partial charge in [0.2, 0.25) is 0 Å². The van der Waals surface area contributed by atoms with Crippen molar-refractivity contribution in [3.05, 3.63) is 75.1 Å². The molecule has 32 heavy (non-hydrogen) atoms. The maximum Gasteiger partial charge on any atom is 0.387 e. The first-order chi connectivity index (χ1) is 15.1. The fourth-order valence-corrected chi connectivity index (χ4v) is 3.83. The molecule has 0 aliphatic carbocycles. The number of rotatable bonds is 5. The predicted octanol–water partition coefficient (Wildman–Crippen LogP) is 3.98. The maximum atomic E-state index is 13.2. The van der Waals surface area contributed by atoms with E-state index in [0.717, 1.165) is 16.0 Å². The lowest BCUT2D eigenvalue weighted by Gasteiger charge is -2.22. The molecule has 0 saturated carbocycles. The first-order valence-corrected chi connectivity index (χ1v) is 9.82. The van der Waals surface area contributed by atoms with Gasteiger partial charge in [-0.1, -0.05) is 24.3 Å². The first kappa shape index (κ1) is 21.5. The fourth-order valence-electron chi connectivity index (χ4n) is 3.83. The van der Waals surface area contributed by atoms with Crippen molar-refractivity contribution < 1.29 is 27.5 Å². The van der Waals surface area contributed by atoms with Gasteiger partial charge >= 0.3 is 18.3 Å². The molecule has 7 nitrogen and oxygen atoms in total. The number of imide groups is 1. The summed E-state index contributed by atoms with van der Waals surface area (Å²) >= 11 is 0. The Hall–Kier alpha value is -3.75. The second-order valence-corrected chi connectivity index (χ2v) is 7.82. The third-order valence-corrected chi connectivity index (χ3v) is 5.78. The Morgan fingerprint density at radius 3 is 2.44 bits per heavy atom. The quantitative estimate of drug-likeness (QED) is 0.477. The van der Waals surface area contributed by atoms with Gasteiger partial charge < -0.3 is 14.5 Å². The van der Waals surface area contributed by atoms with Crippen molar-refractivity contribution >= 4 is 22.9 Å². The molecule has 3 amide bonds. The van der Waals surface area contributed by atoms with E-state index >= 15 is 0 Å². The van der Waals surface area contributed by atoms with Crippen LogP contribution in [0.2, 0.25) is 0 Å². The lowest BCUT2D eigenvalue weighted by molar-refractivity contribution is -0.131. The number of nitrogens with zero attached hydrogens (tertiary/aromatic N) is 1. The minimum atomic E-state index is -2.97. The molecule has 1 saturated heterocycles. The Balaban J connectivity index is 1.67. The maximum absolute atomic E-state index is 13.2. The summed E-state index contributed by atoms with van der Waals surface area (Å²) in [4.78, 5) is 39.1. The molecule has 2 aromatic carbocycles. The molecule has 0 bridgehead atoms. The SMILES string of the molecule is Cc1ccc2c(CN3C(=O)NC(C)(c4ccc(OC(F)F)cc4)C3=O)cc(=O)oc2c1C. The van der Waals surface area contributed by atoms with E-state index in [9.17, 15) is 23.2 Å². The fraction of sp³-hybridized carbons (Fsp3) is 0.261. The number of carbonyl (C=O) groups is 2. The van der Waals surface area contributed by atoms with Gasteiger partial charge in [-0.25, -0.2) is 9.59 Å². The van der Waals surface area contributed by atoms with Crippen LogP contribution in [-0.4, -0.2) is 23.4 Å². The molecule has 166 valence electrons. The number of urea groups is 1. The number of alkyl halides is 2. The molecule has 4 rings (SSSR count). The number of nitrogens with one attached hydrogen (secondary N) is 1. The van der Waals surface area contributed by atoms with Crippen molar-refractivity contribution in [2.75, 3.05) is 0 Å². The molecular weight excluding hydrogens is 422 g/mol. The molecule has 2 heterocycles. The van der Waals surface area contributed by atoms with Gasteiger partial charge in [0.1, 0.15) is 16.9 Å². The first-order valence-electron chi connectivity index (χ1n) is 9.82. The summed E-state index contributed by atoms with van der Waals surface area (Å²) in [5.74, 6) is -0.593. The molecule has 1 aliphatic heterocycles. The summed E-state index contributed by atoms with van der Waals surface area (Å²) in [5.41, 5.74) is 1.07. The number of ether oxygens (including phenoxy) is 1. The van der Waals surface area contributed by atoms with E-state index in [2.05, 4.69) is 10.1 Å². The van der Waals surface area contributed by atoms with Crippen molar-refractivity contribution in [3.63, 3.8) is 0 Å². The third-order valence-electron chi connectivity index (χ3n) is 5.78. The summed E-state index contributed by atoms with van der Waals surface area (Å²) in [6, 6.07) is 9.79. The number of hydrogen-bond acceptors (Lipinski definition) is 5. The molecule has 0 spiro atoms. The zero-order valence-electron chi connectivity index (χ0n) is 17.6. The van der Waals surface area contributed by atoms with Crippen molar-refractivity contribution in [3.8, 4) is 5.75 Å². The van der Waals surface area contributed by atoms with Crippen LogP contribution >= 0.6 is 0 Å². The van der Waals surface area contributed by atoms with E-state index in [1.165, 1.54) is 37.3 Å². The van der Waals surface area contributed by atoms with Crippen LogP contribution in [0.3, 0.4) is 0 Å². The second kappa shape index (κ2) is 7.74. The van der Waals surface area contributed by atoms with E-state index in [1.807, 2.05) is 19.9 Å². The lowest BCUT2D eigenvalue weighted by atomic mass is 9.92. The topological polar surface area (TPSA) is 88.9 Å². The summed E-state index contributed by atoms with van der Waals surface area (Å²) in [6.07, 6.45) is 0. The normalized spacial score (nSPS) is 18.5. The zero-order valence-corrected chi connectivity index (χ0v) is 17.6. The van der Waals surface area contributed by atoms with E-state index in [1.54, 1.807) is 6.07 Å². The van der Waals surface area contributed by atoms with Gasteiger partial charge in [0.05, 0.1) is 6.54 Å². The van der Waals surface area contributed by atoms with E-state index in [4.69, 9.17) is 4.42 Å². The number of hydrogen-bond donors (Lipinski definition) is 1. The third kappa shape index (κ3) is 3.59. The van der Waals surface area contributed by atoms with Gasteiger partial charge in [0.25, 0.3) is 5.91 Å². The summed E-state index contributed by atoms with van der Waals surface area (Å²) in [6.45, 7) is 2.16. The largest absolute Gasteiger partial charge is 0.435 e. The average Bonchev–Trinajstić information content (AvgIpc) is 2.95. The minimum absolute atomic E-state index is 0.0610. The Bertz CT molecular complexity index is 1290. The van der Waals surface area contributed by atoms with E-state index < -0.39 is 29.7 Å². The molecule has 1 N–H and O–H groups in total. The van der Waals surface area contributed by atoms with Gasteiger partial charge in [-0.2, -0.15) is 8.78 Å². The molecule has 1 atom stereocenters. The Morgan fingerprint density at radius 1 is 1.09 bits per heavy atom. The van der Waals surface area contributed by atoms with Crippen molar-refractivity contribution in [2.24, 2.45) is 0 Å². The van der Waals surface area contributed by atoms with Crippen LogP contribution in [0.1, 0.15) is 29.2 Å². The van der Waals surface area contributed by atoms with Crippen LogP contribution in [0.5, 0.6) is 5.75 Å². The lowest BCUT2D eigenvalue weighted by Crippen LogP contribution is -2.40. The highest BCUT2D eigenvalue weighted by molar-refractivity contribution is 6.07. The second-order valence-electron chi connectivity index (χ2n) is 7.82. The molecule has 1 fully saturated rings. The van der Waals surface area contributed by atoms with Crippen LogP contribution in [0.4, 0.5) is 13.6 Å². The van der Waals surface area contributed by atoms with Gasteiger partial charge in [-0.05, 0) is 55.2 Å². The summed E-state index contributed by atoms with van der Waals surface area (Å²) < 4.78 is 34.5. The van der Waals surface area contributed by atoms with E-state index in [0.29, 0.717) is 22.1 Å². The summed E-state index contributed by atoms with van der Waals surface area (Å²) in [7, 11) is 0. The highest BCUT2D eigenvalue weighted by atomic mass is 19.3. The standard InChI is InChI=1S/C23H20F2N2O5/c1-12-4-9-17-14(10-18(28)32-19(17)13(12)2)11-27-20(29)23(3,26-22(27)30)15-5-7-16(8-6-15)31-21(24)25/h4-10,21H,11H2,1-3H3,(H,26,30). The average molecular weight is 442 g/mol. The molecule has 1 aromatic heterocycles. The van der Waals surface area contributed by atoms with Crippen LogP contribution in [0, 0.1) is 13.8 Å². The number of amides is 3. The smallest absolute Gasteiger partial charge is 0.387 e. The molecule has 0 radical (unpaired) electrons. The Kier molecular flexibility index (Phi) is 5.20. The molecule has 9 heteroatoms. The molecule has 3 aromatic rings. The molecule has 1 aliphatic rings. The van der Waals surface area contributed by atoms with Crippen LogP contribution in [0.25, 0.3) is 11.0 Å². The summed E-state index contributed by atoms with van der Waals surface area (Å²) in [5, 5.41) is 3.29. The number of fused-ring (bicyclic) bond motifs is 1. The minimum Gasteiger partial charge on any atom is -0.435 e. The number of halogens is 2. The van der Waals surface area contributed by atoms with Gasteiger partial charge in [-0.3, -0.25) is 9.69 Å². The predicted molar refractivity (Wildman–Crippen MR) is 111 cm³/mol. The van der Waals surface area contributed by atoms with Crippen molar-refractivity contribution in [1.82, 2.24) is 10.2 Å².